The summed E-state index contributed by atoms with van der Waals surface area (Å²) in [6.45, 7) is 3.63. The smallest absolute Gasteiger partial charge is 0.244 e. The zero-order valence-corrected chi connectivity index (χ0v) is 22.9. The molecule has 2 heterocycles. The lowest BCUT2D eigenvalue weighted by Gasteiger charge is -2.33. The Morgan fingerprint density at radius 2 is 1.66 bits per heavy atom. The third-order valence-electron chi connectivity index (χ3n) is 6.19. The Hall–Kier alpha value is -3.49. The largest absolute Gasteiger partial charge is 0.457 e. The molecule has 11 heteroatoms. The highest BCUT2D eigenvalue weighted by Crippen LogP contribution is 2.28. The van der Waals surface area contributed by atoms with Crippen molar-refractivity contribution in [2.75, 3.05) is 31.1 Å². The molecule has 0 bridgehead atoms. The Morgan fingerprint density at radius 3 is 2.29 bits per heavy atom. The zero-order chi connectivity index (χ0) is 26.7. The summed E-state index contributed by atoms with van der Waals surface area (Å²) in [5.74, 6) is 2.28. The molecule has 0 atom stereocenters. The van der Waals surface area contributed by atoms with Gasteiger partial charge in [-0.2, -0.15) is 13.9 Å². The first-order valence-electron chi connectivity index (χ1n) is 11.9. The first kappa shape index (κ1) is 26.1. The topological polar surface area (TPSA) is 99.4 Å². The summed E-state index contributed by atoms with van der Waals surface area (Å²) in [6.07, 6.45) is 0.590. The Balaban J connectivity index is 1.18. The number of aromatic nitrogens is 2. The number of nitrogens with zero attached hydrogens (tertiary/aromatic N) is 5. The third-order valence-corrected chi connectivity index (χ3v) is 9.38. The van der Waals surface area contributed by atoms with E-state index in [-0.39, 0.29) is 9.92 Å². The van der Waals surface area contributed by atoms with E-state index in [0.717, 1.165) is 28.0 Å². The van der Waals surface area contributed by atoms with Gasteiger partial charge in [0.25, 0.3) is 0 Å². The number of nitriles is 1. The van der Waals surface area contributed by atoms with Crippen molar-refractivity contribution >= 4 is 38.3 Å². The maximum atomic E-state index is 13.1. The van der Waals surface area contributed by atoms with Gasteiger partial charge in [-0.15, -0.1) is 0 Å². The standard InChI is InChI=1S/C27H24ClN5O3S2/c1-19-2-7-22(8-3-19)36-23-9-4-20(5-10-23)17-26-30-27(37-31-26)32-12-14-33(15-13-32)38(34,35)25-11-6-21(18-29)16-24(25)28/h2-11,16H,12-15,17H2,1H3. The van der Waals surface area contributed by atoms with Crippen LogP contribution >= 0.6 is 23.1 Å². The Bertz CT molecular complexity index is 1570. The highest BCUT2D eigenvalue weighted by Gasteiger charge is 2.31. The third kappa shape index (κ3) is 5.81. The van der Waals surface area contributed by atoms with E-state index in [0.29, 0.717) is 38.2 Å². The predicted molar refractivity (Wildman–Crippen MR) is 148 cm³/mol. The lowest BCUT2D eigenvalue weighted by Crippen LogP contribution is -2.48. The highest BCUT2D eigenvalue weighted by atomic mass is 35.5. The molecule has 5 rings (SSSR count). The zero-order valence-electron chi connectivity index (χ0n) is 20.5. The van der Waals surface area contributed by atoms with Crippen LogP contribution in [0.3, 0.4) is 0 Å². The van der Waals surface area contributed by atoms with Crippen LogP contribution in [0, 0.1) is 18.3 Å². The molecule has 8 nitrogen and oxygen atoms in total. The number of rotatable bonds is 7. The van der Waals surface area contributed by atoms with Crippen LogP contribution in [0.25, 0.3) is 0 Å². The molecule has 0 unspecified atom stereocenters. The van der Waals surface area contributed by atoms with Crippen molar-refractivity contribution in [2.45, 2.75) is 18.2 Å². The minimum absolute atomic E-state index is 0.0140. The molecule has 0 aliphatic carbocycles. The molecule has 38 heavy (non-hydrogen) atoms. The van der Waals surface area contributed by atoms with Crippen LogP contribution in [0.5, 0.6) is 11.5 Å². The molecule has 0 radical (unpaired) electrons. The molecule has 1 aliphatic rings. The normalized spacial score (nSPS) is 14.3. The van der Waals surface area contributed by atoms with Gasteiger partial charge < -0.3 is 9.64 Å². The van der Waals surface area contributed by atoms with Gasteiger partial charge in [0.15, 0.2) is 0 Å². The van der Waals surface area contributed by atoms with Gasteiger partial charge >= 0.3 is 0 Å². The van der Waals surface area contributed by atoms with Gasteiger partial charge in [0.2, 0.25) is 15.2 Å². The fourth-order valence-corrected chi connectivity index (χ4v) is 6.76. The Morgan fingerprint density at radius 1 is 1.00 bits per heavy atom. The van der Waals surface area contributed by atoms with Crippen molar-refractivity contribution < 1.29 is 13.2 Å². The number of hydrogen-bond acceptors (Lipinski definition) is 8. The molecular weight excluding hydrogens is 542 g/mol. The van der Waals surface area contributed by atoms with Crippen LogP contribution in [-0.4, -0.2) is 48.3 Å². The van der Waals surface area contributed by atoms with Crippen molar-refractivity contribution in [1.29, 1.82) is 5.26 Å². The number of benzene rings is 3. The van der Waals surface area contributed by atoms with Crippen LogP contribution < -0.4 is 9.64 Å². The molecule has 0 amide bonds. The van der Waals surface area contributed by atoms with Crippen LogP contribution in [0.15, 0.2) is 71.6 Å². The van der Waals surface area contributed by atoms with Crippen molar-refractivity contribution in [3.63, 3.8) is 0 Å². The SMILES string of the molecule is Cc1ccc(Oc2ccc(Cc3nsc(N4CCN(S(=O)(=O)c5ccc(C#N)cc5Cl)CC4)n3)cc2)cc1. The average Bonchev–Trinajstić information content (AvgIpc) is 3.39. The summed E-state index contributed by atoms with van der Waals surface area (Å²) >= 11 is 7.48. The Kier molecular flexibility index (Phi) is 7.63. The lowest BCUT2D eigenvalue weighted by atomic mass is 10.1. The van der Waals surface area contributed by atoms with Gasteiger partial charge in [0.1, 0.15) is 22.2 Å². The molecule has 0 spiro atoms. The first-order valence-corrected chi connectivity index (χ1v) is 14.5. The second kappa shape index (κ2) is 11.1. The fraction of sp³-hybridized carbons (Fsp3) is 0.222. The molecule has 1 saturated heterocycles. The second-order valence-electron chi connectivity index (χ2n) is 8.88. The molecule has 3 aromatic carbocycles. The minimum Gasteiger partial charge on any atom is -0.457 e. The molecular formula is C27H24ClN5O3S2. The van der Waals surface area contributed by atoms with Gasteiger partial charge in [-0.25, -0.2) is 13.4 Å². The van der Waals surface area contributed by atoms with Crippen molar-refractivity contribution in [3.05, 3.63) is 94.3 Å². The van der Waals surface area contributed by atoms with E-state index < -0.39 is 10.0 Å². The summed E-state index contributed by atoms with van der Waals surface area (Å²) < 4.78 is 38.0. The van der Waals surface area contributed by atoms with E-state index in [2.05, 4.69) is 9.36 Å². The van der Waals surface area contributed by atoms with E-state index in [1.807, 2.05) is 66.4 Å². The monoisotopic (exact) mass is 565 g/mol. The van der Waals surface area contributed by atoms with Gasteiger partial charge in [-0.3, -0.25) is 0 Å². The summed E-state index contributed by atoms with van der Waals surface area (Å²) in [6, 6.07) is 22.0. The van der Waals surface area contributed by atoms with Crippen LogP contribution in [0.4, 0.5) is 5.13 Å². The summed E-state index contributed by atoms with van der Waals surface area (Å²) in [4.78, 5) is 6.75. The maximum absolute atomic E-state index is 13.1. The average molecular weight is 566 g/mol. The number of ether oxygens (including phenoxy) is 1. The number of halogens is 1. The van der Waals surface area contributed by atoms with E-state index in [1.54, 1.807) is 0 Å². The minimum atomic E-state index is -3.76. The molecule has 1 aliphatic heterocycles. The molecule has 4 aromatic rings. The summed E-state index contributed by atoms with van der Waals surface area (Å²) in [5, 5.41) is 9.83. The van der Waals surface area contributed by atoms with E-state index >= 15 is 0 Å². The summed E-state index contributed by atoms with van der Waals surface area (Å²) in [5.41, 5.74) is 2.57. The van der Waals surface area contributed by atoms with E-state index in [1.165, 1.54) is 39.6 Å². The second-order valence-corrected chi connectivity index (χ2v) is 11.9. The van der Waals surface area contributed by atoms with Crippen LogP contribution in [-0.2, 0) is 16.4 Å². The van der Waals surface area contributed by atoms with Gasteiger partial charge in [0.05, 0.1) is 16.7 Å². The van der Waals surface area contributed by atoms with E-state index in [9.17, 15) is 8.42 Å². The summed E-state index contributed by atoms with van der Waals surface area (Å²) in [7, 11) is -3.76. The molecule has 0 N–H and O–H groups in total. The molecule has 194 valence electrons. The number of hydrogen-bond donors (Lipinski definition) is 0. The molecule has 0 saturated carbocycles. The van der Waals surface area contributed by atoms with Crippen molar-refractivity contribution in [2.24, 2.45) is 0 Å². The van der Waals surface area contributed by atoms with E-state index in [4.69, 9.17) is 21.6 Å². The van der Waals surface area contributed by atoms with Crippen molar-refractivity contribution in [3.8, 4) is 17.6 Å². The fourth-order valence-electron chi connectivity index (χ4n) is 4.08. The van der Waals surface area contributed by atoms with Gasteiger partial charge in [-0.05, 0) is 55.0 Å². The predicted octanol–water partition coefficient (Wildman–Crippen LogP) is 5.27. The Labute approximate surface area is 230 Å². The lowest BCUT2D eigenvalue weighted by molar-refractivity contribution is 0.384. The first-order chi connectivity index (χ1) is 18.3. The number of sulfonamides is 1. The molecule has 1 fully saturated rings. The van der Waals surface area contributed by atoms with Gasteiger partial charge in [-0.1, -0.05) is 41.4 Å². The van der Waals surface area contributed by atoms with Crippen LogP contribution in [0.1, 0.15) is 22.5 Å². The van der Waals surface area contributed by atoms with Crippen LogP contribution in [0.2, 0.25) is 5.02 Å². The van der Waals surface area contributed by atoms with Crippen molar-refractivity contribution in [1.82, 2.24) is 13.7 Å². The highest BCUT2D eigenvalue weighted by molar-refractivity contribution is 7.89. The quantitative estimate of drug-likeness (QED) is 0.301. The number of anilines is 1. The maximum Gasteiger partial charge on any atom is 0.244 e. The molecule has 1 aromatic heterocycles. The number of aryl methyl sites for hydroxylation is 1. The number of piperazine rings is 1. The van der Waals surface area contributed by atoms with Gasteiger partial charge in [0, 0.05) is 44.1 Å².